The van der Waals surface area contributed by atoms with Crippen molar-refractivity contribution in [1.82, 2.24) is 9.88 Å². The fraction of sp³-hybridized carbons (Fsp3) is 0.379. The van der Waals surface area contributed by atoms with Crippen LogP contribution in [0, 0.1) is 12.8 Å². The molecule has 0 amide bonds. The third-order valence-corrected chi connectivity index (χ3v) is 6.66. The van der Waals surface area contributed by atoms with Crippen LogP contribution in [0.4, 0.5) is 0 Å². The van der Waals surface area contributed by atoms with Gasteiger partial charge in [-0.1, -0.05) is 55.5 Å². The quantitative estimate of drug-likeness (QED) is 0.435. The van der Waals surface area contributed by atoms with E-state index in [9.17, 15) is 4.79 Å². The average Bonchev–Trinajstić information content (AvgIpc) is 3.05. The van der Waals surface area contributed by atoms with E-state index in [1.54, 1.807) is 6.20 Å². The molecule has 4 nitrogen and oxygen atoms in total. The van der Waals surface area contributed by atoms with Gasteiger partial charge in [-0.25, -0.2) is 0 Å². The van der Waals surface area contributed by atoms with Crippen molar-refractivity contribution in [1.29, 1.82) is 0 Å². The van der Waals surface area contributed by atoms with Gasteiger partial charge in [-0.2, -0.15) is 0 Å². The molecule has 4 rings (SSSR count). The number of rotatable bonds is 9. The first-order valence-electron chi connectivity index (χ1n) is 12.1. The zero-order valence-corrected chi connectivity index (χ0v) is 19.8. The van der Waals surface area contributed by atoms with Crippen LogP contribution in [0.2, 0.25) is 0 Å². The van der Waals surface area contributed by atoms with Gasteiger partial charge in [0.1, 0.15) is 18.1 Å². The first-order valence-corrected chi connectivity index (χ1v) is 12.1. The Kier molecular flexibility index (Phi) is 7.90. The summed E-state index contributed by atoms with van der Waals surface area (Å²) in [7, 11) is 0. The summed E-state index contributed by atoms with van der Waals surface area (Å²) in [5.41, 5.74) is 6.24. The molecule has 0 radical (unpaired) electrons. The van der Waals surface area contributed by atoms with Gasteiger partial charge in [0, 0.05) is 49.9 Å². The number of aryl methyl sites for hydroxylation is 2. The molecule has 3 aromatic rings. The average molecular weight is 443 g/mol. The monoisotopic (exact) mass is 442 g/mol. The molecular formula is C29H34N2O2. The number of carbonyl (C=O) groups excluding carboxylic acids is 1. The predicted molar refractivity (Wildman–Crippen MR) is 132 cm³/mol. The largest absolute Gasteiger partial charge is 0.492 e. The van der Waals surface area contributed by atoms with Crippen LogP contribution in [-0.4, -0.2) is 28.8 Å². The van der Waals surface area contributed by atoms with E-state index in [-0.39, 0.29) is 5.92 Å². The SMILES string of the molecule is CCC(Cc1ccccc1)C(=O)CCc1ccc(C)c(CN2CCOc3ccncc3C2)c1. The van der Waals surface area contributed by atoms with E-state index in [0.29, 0.717) is 18.8 Å². The van der Waals surface area contributed by atoms with Crippen LogP contribution in [0.25, 0.3) is 0 Å². The van der Waals surface area contributed by atoms with Gasteiger partial charge in [0.05, 0.1) is 0 Å². The van der Waals surface area contributed by atoms with Crippen molar-refractivity contribution in [3.05, 3.63) is 94.8 Å². The van der Waals surface area contributed by atoms with Gasteiger partial charge in [0.15, 0.2) is 0 Å². The Hall–Kier alpha value is -2.98. The number of Topliss-reactive ketones (excluding diaryl/α,β-unsaturated/α-hetero) is 1. The first kappa shape index (κ1) is 23.2. The van der Waals surface area contributed by atoms with Gasteiger partial charge >= 0.3 is 0 Å². The van der Waals surface area contributed by atoms with E-state index in [2.05, 4.69) is 54.1 Å². The van der Waals surface area contributed by atoms with Crippen molar-refractivity contribution in [2.24, 2.45) is 5.92 Å². The Bertz CT molecular complexity index is 1060. The third-order valence-electron chi connectivity index (χ3n) is 6.66. The van der Waals surface area contributed by atoms with E-state index >= 15 is 0 Å². The summed E-state index contributed by atoms with van der Waals surface area (Å²) >= 11 is 0. The van der Waals surface area contributed by atoms with Crippen molar-refractivity contribution >= 4 is 5.78 Å². The molecule has 2 heterocycles. The number of aromatic nitrogens is 1. The van der Waals surface area contributed by atoms with Gasteiger partial charge in [-0.3, -0.25) is 14.7 Å². The van der Waals surface area contributed by atoms with Crippen LogP contribution in [0.15, 0.2) is 67.0 Å². The summed E-state index contributed by atoms with van der Waals surface area (Å²) in [6.07, 6.45) is 6.81. The topological polar surface area (TPSA) is 42.4 Å². The van der Waals surface area contributed by atoms with Crippen LogP contribution in [0.3, 0.4) is 0 Å². The molecule has 0 saturated heterocycles. The highest BCUT2D eigenvalue weighted by Crippen LogP contribution is 2.24. The molecule has 1 aliphatic rings. The fourth-order valence-electron chi connectivity index (χ4n) is 4.56. The normalized spacial score (nSPS) is 14.7. The van der Waals surface area contributed by atoms with Crippen molar-refractivity contribution < 1.29 is 9.53 Å². The molecule has 4 heteroatoms. The molecule has 1 aromatic heterocycles. The molecule has 0 saturated carbocycles. The number of benzene rings is 2. The van der Waals surface area contributed by atoms with Crippen LogP contribution in [-0.2, 0) is 30.7 Å². The summed E-state index contributed by atoms with van der Waals surface area (Å²) in [6, 6.07) is 19.0. The van der Waals surface area contributed by atoms with E-state index in [1.165, 1.54) is 22.3 Å². The summed E-state index contributed by atoms with van der Waals surface area (Å²) in [6.45, 7) is 7.56. The lowest BCUT2D eigenvalue weighted by molar-refractivity contribution is -0.122. The van der Waals surface area contributed by atoms with E-state index < -0.39 is 0 Å². The van der Waals surface area contributed by atoms with Crippen LogP contribution in [0.1, 0.15) is 47.6 Å². The van der Waals surface area contributed by atoms with Gasteiger partial charge in [0.2, 0.25) is 0 Å². The van der Waals surface area contributed by atoms with Gasteiger partial charge in [-0.15, -0.1) is 0 Å². The minimum Gasteiger partial charge on any atom is -0.492 e. The maximum absolute atomic E-state index is 12.9. The molecular weight excluding hydrogens is 408 g/mol. The number of fused-ring (bicyclic) bond motifs is 1. The van der Waals surface area contributed by atoms with Crippen molar-refractivity contribution in [3.8, 4) is 5.75 Å². The van der Waals surface area contributed by atoms with Gasteiger partial charge in [-0.05, 0) is 54.5 Å². The smallest absolute Gasteiger partial charge is 0.136 e. The molecule has 172 valence electrons. The minimum absolute atomic E-state index is 0.100. The number of ketones is 1. The Balaban J connectivity index is 1.37. The van der Waals surface area contributed by atoms with E-state index in [4.69, 9.17) is 4.74 Å². The predicted octanol–water partition coefficient (Wildman–Crippen LogP) is 5.56. The third kappa shape index (κ3) is 6.29. The van der Waals surface area contributed by atoms with Crippen LogP contribution < -0.4 is 4.74 Å². The highest BCUT2D eigenvalue weighted by Gasteiger charge is 2.18. The Morgan fingerprint density at radius 3 is 2.79 bits per heavy atom. The maximum atomic E-state index is 12.9. The molecule has 33 heavy (non-hydrogen) atoms. The second-order valence-electron chi connectivity index (χ2n) is 9.06. The number of pyridine rings is 1. The summed E-state index contributed by atoms with van der Waals surface area (Å²) in [5.74, 6) is 1.41. The molecule has 0 fully saturated rings. The second-order valence-corrected chi connectivity index (χ2v) is 9.06. The van der Waals surface area contributed by atoms with E-state index in [1.807, 2.05) is 30.5 Å². The maximum Gasteiger partial charge on any atom is 0.136 e. The Morgan fingerprint density at radius 2 is 1.97 bits per heavy atom. The number of carbonyl (C=O) groups is 1. The summed E-state index contributed by atoms with van der Waals surface area (Å²) < 4.78 is 5.89. The van der Waals surface area contributed by atoms with Crippen LogP contribution >= 0.6 is 0 Å². The Morgan fingerprint density at radius 1 is 1.12 bits per heavy atom. The summed E-state index contributed by atoms with van der Waals surface area (Å²) in [5, 5.41) is 0. The lowest BCUT2D eigenvalue weighted by atomic mass is 9.89. The highest BCUT2D eigenvalue weighted by atomic mass is 16.5. The summed E-state index contributed by atoms with van der Waals surface area (Å²) in [4.78, 5) is 19.6. The number of hydrogen-bond acceptors (Lipinski definition) is 4. The zero-order valence-electron chi connectivity index (χ0n) is 19.8. The number of ether oxygens (including phenoxy) is 1. The molecule has 0 aliphatic carbocycles. The van der Waals surface area contributed by atoms with E-state index in [0.717, 1.165) is 50.2 Å². The van der Waals surface area contributed by atoms with Gasteiger partial charge in [0.25, 0.3) is 0 Å². The lowest BCUT2D eigenvalue weighted by Crippen LogP contribution is -2.25. The molecule has 2 aromatic carbocycles. The van der Waals surface area contributed by atoms with Crippen molar-refractivity contribution in [2.45, 2.75) is 52.6 Å². The highest BCUT2D eigenvalue weighted by molar-refractivity contribution is 5.81. The lowest BCUT2D eigenvalue weighted by Gasteiger charge is -2.21. The minimum atomic E-state index is 0.100. The zero-order chi connectivity index (χ0) is 23.0. The fourth-order valence-corrected chi connectivity index (χ4v) is 4.56. The molecule has 0 spiro atoms. The first-order chi connectivity index (χ1) is 16.1. The molecule has 1 aliphatic heterocycles. The number of hydrogen-bond donors (Lipinski definition) is 0. The van der Waals surface area contributed by atoms with Crippen molar-refractivity contribution in [2.75, 3.05) is 13.2 Å². The van der Waals surface area contributed by atoms with Crippen molar-refractivity contribution in [3.63, 3.8) is 0 Å². The molecule has 0 bridgehead atoms. The molecule has 1 unspecified atom stereocenters. The molecule has 1 atom stereocenters. The van der Waals surface area contributed by atoms with Crippen LogP contribution in [0.5, 0.6) is 5.75 Å². The molecule has 0 N–H and O–H groups in total. The standard InChI is InChI=1S/C29H34N2O2/c1-3-25(17-23-7-5-4-6-8-23)28(32)12-11-24-10-9-22(2)26(18-24)20-31-15-16-33-29-13-14-30-19-27(29)21-31/h4-10,13-14,18-19,25H,3,11-12,15-17,20-21H2,1-2H3. The second kappa shape index (κ2) is 11.2. The Labute approximate surface area is 197 Å². The number of nitrogens with zero attached hydrogens (tertiary/aromatic N) is 2. The van der Waals surface area contributed by atoms with Gasteiger partial charge < -0.3 is 4.74 Å².